The van der Waals surface area contributed by atoms with Crippen LogP contribution in [0.15, 0.2) is 24.3 Å². The Kier molecular flexibility index (Phi) is 7.32. The van der Waals surface area contributed by atoms with Gasteiger partial charge in [-0.1, -0.05) is 31.5 Å². The zero-order valence-electron chi connectivity index (χ0n) is 14.1. The van der Waals surface area contributed by atoms with Crippen molar-refractivity contribution < 1.29 is 9.18 Å². The van der Waals surface area contributed by atoms with E-state index in [0.29, 0.717) is 23.5 Å². The van der Waals surface area contributed by atoms with Gasteiger partial charge in [0.2, 0.25) is 5.91 Å². The summed E-state index contributed by atoms with van der Waals surface area (Å²) in [6.45, 7) is 5.56. The van der Waals surface area contributed by atoms with Crippen molar-refractivity contribution in [2.45, 2.75) is 45.6 Å². The van der Waals surface area contributed by atoms with E-state index in [1.165, 1.54) is 17.4 Å². The van der Waals surface area contributed by atoms with E-state index in [1.807, 2.05) is 19.9 Å². The fourth-order valence-electron chi connectivity index (χ4n) is 2.33. The minimum absolute atomic E-state index is 0. The summed E-state index contributed by atoms with van der Waals surface area (Å²) in [6.07, 6.45) is 1.89. The summed E-state index contributed by atoms with van der Waals surface area (Å²) in [4.78, 5) is 17.5. The minimum Gasteiger partial charge on any atom is -0.318 e. The molecule has 3 N–H and O–H groups in total. The highest BCUT2D eigenvalue weighted by molar-refractivity contribution is 7.15. The number of anilines is 1. The lowest BCUT2D eigenvalue weighted by Crippen LogP contribution is -2.48. The third kappa shape index (κ3) is 5.00. The second-order valence-electron chi connectivity index (χ2n) is 5.92. The Bertz CT molecular complexity index is 703. The van der Waals surface area contributed by atoms with E-state index in [0.717, 1.165) is 17.0 Å². The third-order valence-corrected chi connectivity index (χ3v) is 4.78. The number of hydrogen-bond acceptors (Lipinski definition) is 4. The largest absolute Gasteiger partial charge is 0.318 e. The number of nitrogens with one attached hydrogen (secondary N) is 1. The summed E-state index contributed by atoms with van der Waals surface area (Å²) in [5, 5.41) is 3.28. The van der Waals surface area contributed by atoms with Gasteiger partial charge in [0.1, 0.15) is 5.82 Å². The van der Waals surface area contributed by atoms with Crippen molar-refractivity contribution in [2.24, 2.45) is 5.73 Å². The van der Waals surface area contributed by atoms with Crippen molar-refractivity contribution in [3.05, 3.63) is 46.2 Å². The smallest absolute Gasteiger partial charge is 0.245 e. The first-order valence-corrected chi connectivity index (χ1v) is 8.45. The van der Waals surface area contributed by atoms with Crippen LogP contribution in [0.2, 0.25) is 0 Å². The molecule has 1 amide bonds. The maximum atomic E-state index is 13.8. The van der Waals surface area contributed by atoms with Gasteiger partial charge >= 0.3 is 0 Å². The van der Waals surface area contributed by atoms with Crippen LogP contribution in [0.1, 0.15) is 42.8 Å². The van der Waals surface area contributed by atoms with Crippen LogP contribution in [0, 0.1) is 12.7 Å². The van der Waals surface area contributed by atoms with E-state index in [4.69, 9.17) is 5.73 Å². The molecule has 0 spiro atoms. The number of carbonyl (C=O) groups excluding carboxylic acids is 1. The van der Waals surface area contributed by atoms with Crippen LogP contribution in [0.25, 0.3) is 0 Å². The number of carbonyl (C=O) groups is 1. The minimum atomic E-state index is -0.917. The molecule has 1 aromatic carbocycles. The quantitative estimate of drug-likeness (QED) is 0.804. The summed E-state index contributed by atoms with van der Waals surface area (Å²) in [5.41, 5.74) is 6.52. The maximum absolute atomic E-state index is 13.8. The lowest BCUT2D eigenvalue weighted by molar-refractivity contribution is -0.120. The molecule has 2 aromatic rings. The van der Waals surface area contributed by atoms with Gasteiger partial charge in [-0.3, -0.25) is 4.79 Å². The van der Waals surface area contributed by atoms with E-state index < -0.39 is 5.54 Å². The van der Waals surface area contributed by atoms with E-state index in [-0.39, 0.29) is 24.1 Å². The van der Waals surface area contributed by atoms with Crippen LogP contribution in [0.5, 0.6) is 0 Å². The zero-order valence-corrected chi connectivity index (χ0v) is 15.7. The highest BCUT2D eigenvalue weighted by Crippen LogP contribution is 2.26. The van der Waals surface area contributed by atoms with Crippen molar-refractivity contribution in [2.75, 3.05) is 5.32 Å². The lowest BCUT2D eigenvalue weighted by atomic mass is 9.97. The normalized spacial score (nSPS) is 13.0. The van der Waals surface area contributed by atoms with E-state index in [9.17, 15) is 9.18 Å². The van der Waals surface area contributed by atoms with Crippen LogP contribution in [-0.4, -0.2) is 16.4 Å². The van der Waals surface area contributed by atoms with E-state index >= 15 is 0 Å². The first kappa shape index (κ1) is 20.5. The molecule has 0 aliphatic rings. The number of halogens is 2. The van der Waals surface area contributed by atoms with Gasteiger partial charge in [0.15, 0.2) is 5.13 Å². The first-order valence-electron chi connectivity index (χ1n) is 7.63. The molecule has 2 rings (SSSR count). The average Bonchev–Trinajstić information content (AvgIpc) is 2.81. The van der Waals surface area contributed by atoms with Crippen LogP contribution in [0.3, 0.4) is 0 Å². The summed E-state index contributed by atoms with van der Waals surface area (Å²) in [7, 11) is 0. The van der Waals surface area contributed by atoms with Gasteiger partial charge in [-0.2, -0.15) is 0 Å². The Hall–Kier alpha value is -1.50. The third-order valence-electron chi connectivity index (χ3n) is 3.71. The van der Waals surface area contributed by atoms with Gasteiger partial charge in [0.25, 0.3) is 0 Å². The van der Waals surface area contributed by atoms with Crippen molar-refractivity contribution in [1.29, 1.82) is 0 Å². The number of nitrogens with two attached hydrogens (primary N) is 1. The number of hydrogen-bond donors (Lipinski definition) is 2. The molecule has 132 valence electrons. The monoisotopic (exact) mass is 371 g/mol. The fourth-order valence-corrected chi connectivity index (χ4v) is 3.31. The molecule has 1 heterocycles. The SMILES string of the molecule is CCCC(C)(N)C(=O)Nc1nc(C)c(Cc2ccccc2F)s1.Cl. The molecule has 7 heteroatoms. The summed E-state index contributed by atoms with van der Waals surface area (Å²) < 4.78 is 13.8. The van der Waals surface area contributed by atoms with Gasteiger partial charge in [0, 0.05) is 11.3 Å². The van der Waals surface area contributed by atoms with E-state index in [2.05, 4.69) is 10.3 Å². The average molecular weight is 372 g/mol. The number of thiazole rings is 1. The van der Waals surface area contributed by atoms with Gasteiger partial charge < -0.3 is 11.1 Å². The van der Waals surface area contributed by atoms with Crippen LogP contribution < -0.4 is 11.1 Å². The first-order chi connectivity index (χ1) is 10.8. The van der Waals surface area contributed by atoms with Gasteiger partial charge in [0.05, 0.1) is 11.2 Å². The maximum Gasteiger partial charge on any atom is 0.245 e. The number of aryl methyl sites for hydroxylation is 1. The number of amides is 1. The number of benzene rings is 1. The molecule has 0 fully saturated rings. The van der Waals surface area contributed by atoms with Gasteiger partial charge in [-0.25, -0.2) is 9.37 Å². The Morgan fingerprint density at radius 1 is 1.42 bits per heavy atom. The number of aromatic nitrogens is 1. The Balaban J connectivity index is 0.00000288. The van der Waals surface area contributed by atoms with Crippen LogP contribution in [-0.2, 0) is 11.2 Å². The fraction of sp³-hybridized carbons (Fsp3) is 0.412. The molecule has 0 radical (unpaired) electrons. The Labute approximate surface area is 152 Å². The Morgan fingerprint density at radius 3 is 2.71 bits per heavy atom. The molecule has 0 bridgehead atoms. The number of rotatable bonds is 6. The van der Waals surface area contributed by atoms with Gasteiger partial charge in [-0.05, 0) is 31.9 Å². The predicted molar refractivity (Wildman–Crippen MR) is 99.4 cm³/mol. The molecule has 1 unspecified atom stereocenters. The molecule has 0 aliphatic carbocycles. The summed E-state index contributed by atoms with van der Waals surface area (Å²) in [5.74, 6) is -0.478. The molecule has 4 nitrogen and oxygen atoms in total. The Morgan fingerprint density at radius 2 is 2.08 bits per heavy atom. The number of nitrogens with zero attached hydrogens (tertiary/aromatic N) is 1. The molecule has 1 aromatic heterocycles. The highest BCUT2D eigenvalue weighted by Gasteiger charge is 2.28. The van der Waals surface area contributed by atoms with Crippen molar-refractivity contribution in [1.82, 2.24) is 4.98 Å². The topological polar surface area (TPSA) is 68.0 Å². The summed E-state index contributed by atoms with van der Waals surface area (Å²) in [6, 6.07) is 6.67. The standard InChI is InChI=1S/C17H22FN3OS.ClH/c1-4-9-17(3,19)15(22)21-16-20-11(2)14(23-16)10-12-7-5-6-8-13(12)18;/h5-8H,4,9-10,19H2,1-3H3,(H,20,21,22);1H. The van der Waals surface area contributed by atoms with Crippen molar-refractivity contribution >= 4 is 34.8 Å². The molecular formula is C17H23ClFN3OS. The zero-order chi connectivity index (χ0) is 17.0. The lowest BCUT2D eigenvalue weighted by Gasteiger charge is -2.21. The van der Waals surface area contributed by atoms with Crippen LogP contribution in [0.4, 0.5) is 9.52 Å². The highest BCUT2D eigenvalue weighted by atomic mass is 35.5. The molecule has 0 saturated heterocycles. The molecule has 24 heavy (non-hydrogen) atoms. The summed E-state index contributed by atoms with van der Waals surface area (Å²) >= 11 is 1.36. The molecular weight excluding hydrogens is 349 g/mol. The van der Waals surface area contributed by atoms with Crippen molar-refractivity contribution in [3.8, 4) is 0 Å². The van der Waals surface area contributed by atoms with E-state index in [1.54, 1.807) is 19.1 Å². The second kappa shape index (κ2) is 8.55. The second-order valence-corrected chi connectivity index (χ2v) is 7.00. The predicted octanol–water partition coefficient (Wildman–Crippen LogP) is 4.06. The molecule has 0 aliphatic heterocycles. The molecule has 0 saturated carbocycles. The van der Waals surface area contributed by atoms with Crippen LogP contribution >= 0.6 is 23.7 Å². The van der Waals surface area contributed by atoms with Crippen molar-refractivity contribution in [3.63, 3.8) is 0 Å². The molecule has 1 atom stereocenters. The van der Waals surface area contributed by atoms with Gasteiger partial charge in [-0.15, -0.1) is 23.7 Å².